The summed E-state index contributed by atoms with van der Waals surface area (Å²) in [5.74, 6) is 0.179. The van der Waals surface area contributed by atoms with Gasteiger partial charge in [-0.2, -0.15) is 0 Å². The van der Waals surface area contributed by atoms with Crippen LogP contribution in [0.3, 0.4) is 0 Å². The first kappa shape index (κ1) is 37.8. The van der Waals surface area contributed by atoms with Crippen molar-refractivity contribution < 1.29 is 16.1 Å². The van der Waals surface area contributed by atoms with E-state index in [0.717, 1.165) is 39.1 Å². The van der Waals surface area contributed by atoms with Crippen LogP contribution in [0.1, 0.15) is 143 Å². The number of hydrogen-bond acceptors (Lipinski definition) is 3. The quantitative estimate of drug-likeness (QED) is 0.173. The molecular formula is C63H71N3O. The first-order chi connectivity index (χ1) is 34.5. The molecule has 0 aliphatic carbocycles. The molecule has 8 aromatic rings. The van der Waals surface area contributed by atoms with Gasteiger partial charge in [-0.05, 0) is 126 Å². The monoisotopic (exact) mass is 894 g/mol. The number of rotatable bonds is 7. The van der Waals surface area contributed by atoms with E-state index < -0.39 is 28.0 Å². The Morgan fingerprint density at radius 2 is 1.19 bits per heavy atom. The second kappa shape index (κ2) is 17.1. The van der Waals surface area contributed by atoms with Crippen molar-refractivity contribution in [3.63, 3.8) is 0 Å². The summed E-state index contributed by atoms with van der Waals surface area (Å²) >= 11 is 0. The first-order valence-corrected chi connectivity index (χ1v) is 23.4. The first-order valence-electron chi connectivity index (χ1n) is 27.4. The van der Waals surface area contributed by atoms with E-state index in [1.54, 1.807) is 20.8 Å². The van der Waals surface area contributed by atoms with Crippen molar-refractivity contribution in [1.82, 2.24) is 14.5 Å². The molecule has 8 rings (SSSR count). The second-order valence-corrected chi connectivity index (χ2v) is 23.1. The Balaban J connectivity index is 1.47. The summed E-state index contributed by atoms with van der Waals surface area (Å²) in [5.41, 5.74) is 7.03. The summed E-state index contributed by atoms with van der Waals surface area (Å²) in [6.07, 6.45) is -0.512. The Morgan fingerprint density at radius 1 is 0.537 bits per heavy atom. The predicted octanol–water partition coefficient (Wildman–Crippen LogP) is 17.2. The third kappa shape index (κ3) is 9.91. The van der Waals surface area contributed by atoms with Gasteiger partial charge in [-0.15, -0.1) is 0 Å². The van der Waals surface area contributed by atoms with E-state index in [1.165, 1.54) is 18.3 Å². The van der Waals surface area contributed by atoms with Crippen LogP contribution in [-0.2, 0) is 28.0 Å². The highest BCUT2D eigenvalue weighted by Crippen LogP contribution is 2.46. The van der Waals surface area contributed by atoms with Gasteiger partial charge in [0.15, 0.2) is 0 Å². The third-order valence-corrected chi connectivity index (χ3v) is 12.1. The van der Waals surface area contributed by atoms with E-state index >= 15 is 0 Å². The van der Waals surface area contributed by atoms with Gasteiger partial charge >= 0.3 is 0 Å². The molecule has 4 heteroatoms. The minimum atomic E-state index is -1.86. The standard InChI is InChI=1S/C63H71N3O/c1-59(2,3)39-40-24-26-41(27-25-40)43-30-31-64-53(35-43)45-32-44(33-47(34-45)61(7,8)9)49-22-19-23-55-56(49)65-58(51-37-48(62(10,11)12)38-52(57(51)67)63(13,14)15)66(55)54-29-28-46(60(4,5)6)36-50(54)42-20-17-16-18-21-42/h16-38,67H,39H2,1-15H3/i26D,27D,30D,35D,37D,38D,39D2. The molecule has 0 bridgehead atoms. The van der Waals surface area contributed by atoms with Crippen LogP contribution in [0.25, 0.3) is 72.7 Å². The number of para-hydroxylation sites is 1. The van der Waals surface area contributed by atoms with Crippen LogP contribution >= 0.6 is 0 Å². The number of phenols is 1. The minimum Gasteiger partial charge on any atom is -0.507 e. The molecule has 0 atom stereocenters. The van der Waals surface area contributed by atoms with Gasteiger partial charge in [0, 0.05) is 31.2 Å². The molecule has 6 aromatic carbocycles. The summed E-state index contributed by atoms with van der Waals surface area (Å²) in [6, 6.07) is 31.0. The van der Waals surface area contributed by atoms with Crippen molar-refractivity contribution >= 4 is 11.0 Å². The van der Waals surface area contributed by atoms with Crippen molar-refractivity contribution in [2.24, 2.45) is 5.41 Å². The van der Waals surface area contributed by atoms with Crippen LogP contribution in [0.5, 0.6) is 5.75 Å². The zero-order chi connectivity index (χ0) is 55.4. The van der Waals surface area contributed by atoms with E-state index in [0.29, 0.717) is 33.5 Å². The van der Waals surface area contributed by atoms with Gasteiger partial charge in [0.05, 0.1) is 36.2 Å². The van der Waals surface area contributed by atoms with Crippen molar-refractivity contribution in [1.29, 1.82) is 0 Å². The number of pyridine rings is 1. The Kier molecular flexibility index (Phi) is 9.65. The molecular weight excluding hydrogens is 815 g/mol. The van der Waals surface area contributed by atoms with E-state index in [-0.39, 0.29) is 75.4 Å². The number of benzene rings is 6. The lowest BCUT2D eigenvalue weighted by atomic mass is 9.79. The number of aromatic hydroxyl groups is 1. The fraction of sp³-hybridized carbons (Fsp3) is 0.333. The molecule has 0 amide bonds. The second-order valence-electron chi connectivity index (χ2n) is 23.1. The Morgan fingerprint density at radius 3 is 1.82 bits per heavy atom. The molecule has 2 aromatic heterocycles. The van der Waals surface area contributed by atoms with Crippen LogP contribution in [0.2, 0.25) is 0 Å². The molecule has 4 nitrogen and oxygen atoms in total. The fourth-order valence-corrected chi connectivity index (χ4v) is 8.41. The Bertz CT molecular complexity index is 3500. The zero-order valence-electron chi connectivity index (χ0n) is 50.1. The fourth-order valence-electron chi connectivity index (χ4n) is 8.41. The predicted molar refractivity (Wildman–Crippen MR) is 286 cm³/mol. The molecule has 67 heavy (non-hydrogen) atoms. The summed E-state index contributed by atoms with van der Waals surface area (Å²) < 4.78 is 76.4. The summed E-state index contributed by atoms with van der Waals surface area (Å²) in [4.78, 5) is 10.3. The highest BCUT2D eigenvalue weighted by molar-refractivity contribution is 5.98. The summed E-state index contributed by atoms with van der Waals surface area (Å²) in [7, 11) is 0. The largest absolute Gasteiger partial charge is 0.507 e. The van der Waals surface area contributed by atoms with Gasteiger partial charge in [-0.3, -0.25) is 9.55 Å². The molecule has 0 saturated carbocycles. The average Bonchev–Trinajstić information content (AvgIpc) is 3.66. The van der Waals surface area contributed by atoms with Crippen LogP contribution in [0.15, 0.2) is 140 Å². The van der Waals surface area contributed by atoms with E-state index in [9.17, 15) is 9.22 Å². The maximum Gasteiger partial charge on any atom is 0.149 e. The lowest BCUT2D eigenvalue weighted by Gasteiger charge is -2.28. The Labute approximate surface area is 412 Å². The Hall–Kier alpha value is -6.26. The lowest BCUT2D eigenvalue weighted by Crippen LogP contribution is -2.17. The number of phenolic OH excluding ortho intramolecular Hbond substituents is 1. The summed E-state index contributed by atoms with van der Waals surface area (Å²) in [6.45, 7) is 30.1. The number of hydrogen-bond donors (Lipinski definition) is 1. The number of fused-ring (bicyclic) bond motifs is 1. The topological polar surface area (TPSA) is 50.9 Å². The highest BCUT2D eigenvalue weighted by atomic mass is 16.3. The van der Waals surface area contributed by atoms with Crippen molar-refractivity contribution in [3.8, 4) is 67.5 Å². The van der Waals surface area contributed by atoms with Gasteiger partial charge in [0.25, 0.3) is 0 Å². The SMILES string of the molecule is [2H]c1cc(C([2H])([2H])C(C)(C)C)cc([2H])c1-c1c([2H])cnc(-c2cc(-c3cccc4c3nc(-c3c([2H])c(C(C)(C)C)c([2H])c(C(C)(C)C)c3O)n4-c3ccc(C(C)(C)C)cc3-c3ccccc3)cc(C(C)(C)C)c2)c1[2H]. The molecule has 0 aliphatic rings. The van der Waals surface area contributed by atoms with Gasteiger partial charge in [-0.25, -0.2) is 4.98 Å². The normalized spacial score (nSPS) is 14.7. The smallest absolute Gasteiger partial charge is 0.149 e. The molecule has 0 saturated heterocycles. The van der Waals surface area contributed by atoms with E-state index in [1.807, 2.05) is 90.1 Å². The maximum atomic E-state index is 12.7. The molecule has 344 valence electrons. The zero-order valence-corrected chi connectivity index (χ0v) is 42.1. The van der Waals surface area contributed by atoms with Crippen molar-refractivity contribution in [2.75, 3.05) is 0 Å². The van der Waals surface area contributed by atoms with Crippen LogP contribution in [0.4, 0.5) is 0 Å². The van der Waals surface area contributed by atoms with Crippen molar-refractivity contribution in [3.05, 3.63) is 167 Å². The van der Waals surface area contributed by atoms with Crippen LogP contribution in [0, 0.1) is 5.41 Å². The lowest BCUT2D eigenvalue weighted by molar-refractivity contribution is 0.411. The minimum absolute atomic E-state index is 0.0256. The maximum absolute atomic E-state index is 12.7. The molecule has 0 unspecified atom stereocenters. The highest BCUT2D eigenvalue weighted by Gasteiger charge is 2.30. The summed E-state index contributed by atoms with van der Waals surface area (Å²) in [5, 5.41) is 12.7. The molecule has 0 spiro atoms. The number of imidazole rings is 1. The average molecular weight is 894 g/mol. The van der Waals surface area contributed by atoms with E-state index in [2.05, 4.69) is 82.5 Å². The van der Waals surface area contributed by atoms with Gasteiger partial charge in [0.1, 0.15) is 11.6 Å². The number of nitrogens with zero attached hydrogens (tertiary/aromatic N) is 3. The van der Waals surface area contributed by atoms with Crippen molar-refractivity contribution in [2.45, 2.75) is 132 Å². The molecule has 1 N–H and O–H groups in total. The van der Waals surface area contributed by atoms with Crippen LogP contribution < -0.4 is 0 Å². The molecule has 0 aliphatic heterocycles. The van der Waals surface area contributed by atoms with Gasteiger partial charge in [-0.1, -0.05) is 189 Å². The van der Waals surface area contributed by atoms with Gasteiger partial charge in [0.2, 0.25) is 0 Å². The van der Waals surface area contributed by atoms with Gasteiger partial charge < -0.3 is 5.11 Å². The van der Waals surface area contributed by atoms with Crippen LogP contribution in [-0.4, -0.2) is 19.6 Å². The third-order valence-electron chi connectivity index (χ3n) is 12.1. The molecule has 0 fully saturated rings. The van der Waals surface area contributed by atoms with E-state index in [4.69, 9.17) is 16.8 Å². The molecule has 0 radical (unpaired) electrons. The number of aromatic nitrogens is 3. The molecule has 2 heterocycles.